The number of nitrogens with zero attached hydrogens (tertiary/aromatic N) is 1. The zero-order chi connectivity index (χ0) is 31.7. The number of fused-ring (bicyclic) bond motifs is 3. The Kier molecular flexibility index (Phi) is 7.61. The molecule has 2 aromatic rings. The van der Waals surface area contributed by atoms with Gasteiger partial charge in [-0.1, -0.05) is 58.2 Å². The smallest absolute Gasteiger partial charge is 0.326 e. The van der Waals surface area contributed by atoms with Gasteiger partial charge in [0, 0.05) is 29.1 Å². The molecule has 8 atom stereocenters. The Balaban J connectivity index is 1.39. The first-order valence-electron chi connectivity index (χ1n) is 17.5. The predicted octanol–water partition coefficient (Wildman–Crippen LogP) is 6.44. The summed E-state index contributed by atoms with van der Waals surface area (Å²) in [5.74, 6) is 0.0922. The van der Waals surface area contributed by atoms with Crippen molar-refractivity contribution in [1.82, 2.24) is 9.88 Å². The zero-order valence-corrected chi connectivity index (χ0v) is 27.7. The third kappa shape index (κ3) is 4.22. The van der Waals surface area contributed by atoms with Gasteiger partial charge in [0.1, 0.15) is 11.6 Å². The summed E-state index contributed by atoms with van der Waals surface area (Å²) in [6.07, 6.45) is 8.21. The van der Waals surface area contributed by atoms with Crippen molar-refractivity contribution in [3.05, 3.63) is 35.5 Å². The Hall–Kier alpha value is -2.87. The number of nitrogens with one attached hydrogen (secondary N) is 1. The molecule has 0 bridgehead atoms. The summed E-state index contributed by atoms with van der Waals surface area (Å²) < 4.78 is 18.1. The standard InChI is InChI=1S/C37H50N2O6/c1-6-44-33(41)35-16-9-10-17-37(35)31-26(25-11-7-8-12-28(25)38-31)20-36(34(42)43-5)21-27(29(15-18-35)39(36)37)32(40)45-30-19-23(4)13-14-24(30)22(2)3/h7-8,11-12,22-24,27,29-30,38H,6,9-10,13-21H2,1-5H3/t23?,24?,27-,29-,30?,35-,36-,37+/m0/s1. The predicted molar refractivity (Wildman–Crippen MR) is 170 cm³/mol. The number of aromatic amines is 1. The van der Waals surface area contributed by atoms with Gasteiger partial charge in [-0.25, -0.2) is 0 Å². The van der Waals surface area contributed by atoms with Crippen LogP contribution in [-0.4, -0.2) is 59.2 Å². The van der Waals surface area contributed by atoms with Crippen LogP contribution < -0.4 is 0 Å². The number of piperidine rings is 1. The van der Waals surface area contributed by atoms with Gasteiger partial charge in [-0.3, -0.25) is 19.3 Å². The minimum atomic E-state index is -1.09. The van der Waals surface area contributed by atoms with Crippen molar-refractivity contribution in [2.24, 2.45) is 29.1 Å². The van der Waals surface area contributed by atoms with Crippen LogP contribution in [0.3, 0.4) is 0 Å². The summed E-state index contributed by atoms with van der Waals surface area (Å²) in [4.78, 5) is 49.3. The number of esters is 3. The molecule has 0 radical (unpaired) electrons. The molecule has 1 N–H and O–H groups in total. The molecule has 3 aliphatic heterocycles. The molecule has 3 unspecified atom stereocenters. The number of rotatable bonds is 6. The molecule has 4 fully saturated rings. The average molecular weight is 619 g/mol. The van der Waals surface area contributed by atoms with E-state index in [-0.39, 0.29) is 30.1 Å². The average Bonchev–Trinajstić information content (AvgIpc) is 3.58. The summed E-state index contributed by atoms with van der Waals surface area (Å²) >= 11 is 0. The van der Waals surface area contributed by atoms with Crippen LogP contribution in [0.5, 0.6) is 0 Å². The molecule has 2 saturated heterocycles. The fraction of sp³-hybridized carbons (Fsp3) is 0.703. The summed E-state index contributed by atoms with van der Waals surface area (Å²) in [6.45, 7) is 8.87. The lowest BCUT2D eigenvalue weighted by Gasteiger charge is -2.66. The van der Waals surface area contributed by atoms with E-state index < -0.39 is 22.4 Å². The number of carbonyl (C=O) groups is 3. The number of benzene rings is 1. The van der Waals surface area contributed by atoms with Crippen LogP contribution >= 0.6 is 0 Å². The van der Waals surface area contributed by atoms with Crippen molar-refractivity contribution >= 4 is 28.8 Å². The maximum atomic E-state index is 14.5. The minimum absolute atomic E-state index is 0.115. The molecular formula is C37H50N2O6. The third-order valence-corrected chi connectivity index (χ3v) is 12.7. The molecule has 1 spiro atoms. The van der Waals surface area contributed by atoms with Crippen molar-refractivity contribution in [2.45, 2.75) is 122 Å². The molecule has 1 aromatic heterocycles. The number of H-pyrrole nitrogens is 1. The van der Waals surface area contributed by atoms with Crippen molar-refractivity contribution in [1.29, 1.82) is 0 Å². The summed E-state index contributed by atoms with van der Waals surface area (Å²) in [7, 11) is 1.45. The number of methoxy groups -OCH3 is 1. The fourth-order valence-electron chi connectivity index (χ4n) is 10.9. The zero-order valence-electron chi connectivity index (χ0n) is 27.7. The molecule has 7 rings (SSSR count). The normalized spacial score (nSPS) is 37.4. The SMILES string of the molecule is CCOC(=O)[C@@]12CCCC[C@@]13c1[nH]c4ccccc4c1C[C@@]1(C(=O)OC)C[C@H](C(=O)OC4CC(C)CCC4C(C)C)[C@H](CC2)N13. The lowest BCUT2D eigenvalue weighted by atomic mass is 9.51. The van der Waals surface area contributed by atoms with Gasteiger partial charge in [0.15, 0.2) is 0 Å². The van der Waals surface area contributed by atoms with Gasteiger partial charge in [0.2, 0.25) is 0 Å². The molecule has 2 aliphatic carbocycles. The fourth-order valence-corrected chi connectivity index (χ4v) is 10.9. The van der Waals surface area contributed by atoms with Crippen LogP contribution in [0.2, 0.25) is 0 Å². The molecule has 8 nitrogen and oxygen atoms in total. The Bertz CT molecular complexity index is 1500. The first-order valence-corrected chi connectivity index (χ1v) is 17.5. The van der Waals surface area contributed by atoms with Gasteiger partial charge in [0.05, 0.1) is 30.6 Å². The first kappa shape index (κ1) is 30.8. The maximum absolute atomic E-state index is 14.5. The second kappa shape index (κ2) is 11.1. The van der Waals surface area contributed by atoms with E-state index in [0.29, 0.717) is 62.9 Å². The molecule has 2 saturated carbocycles. The molecule has 244 valence electrons. The highest BCUT2D eigenvalue weighted by molar-refractivity contribution is 5.92. The highest BCUT2D eigenvalue weighted by Gasteiger charge is 2.76. The monoisotopic (exact) mass is 618 g/mol. The van der Waals surface area contributed by atoms with E-state index in [9.17, 15) is 14.4 Å². The van der Waals surface area contributed by atoms with Crippen LogP contribution in [0.25, 0.3) is 10.9 Å². The lowest BCUT2D eigenvalue weighted by Crippen LogP contribution is -2.75. The second-order valence-electron chi connectivity index (χ2n) is 15.2. The van der Waals surface area contributed by atoms with Crippen LogP contribution in [0.1, 0.15) is 103 Å². The van der Waals surface area contributed by atoms with Crippen molar-refractivity contribution in [3.63, 3.8) is 0 Å². The Morgan fingerprint density at radius 2 is 1.82 bits per heavy atom. The first-order chi connectivity index (χ1) is 21.6. The Labute approximate surface area is 266 Å². The summed E-state index contributed by atoms with van der Waals surface area (Å²) in [5.41, 5.74) is 0.344. The topological polar surface area (TPSA) is 97.9 Å². The van der Waals surface area contributed by atoms with Crippen molar-refractivity contribution < 1.29 is 28.6 Å². The van der Waals surface area contributed by atoms with Gasteiger partial charge < -0.3 is 19.2 Å². The van der Waals surface area contributed by atoms with Crippen molar-refractivity contribution in [2.75, 3.05) is 13.7 Å². The summed E-state index contributed by atoms with van der Waals surface area (Å²) in [5, 5.41) is 1.07. The maximum Gasteiger partial charge on any atom is 0.326 e. The molecule has 0 amide bonds. The van der Waals surface area contributed by atoms with Gasteiger partial charge in [0.25, 0.3) is 0 Å². The van der Waals surface area contributed by atoms with Crippen molar-refractivity contribution in [3.8, 4) is 0 Å². The highest BCUT2D eigenvalue weighted by atomic mass is 16.5. The minimum Gasteiger partial charge on any atom is -0.468 e. The van der Waals surface area contributed by atoms with Crippen LogP contribution in [0.15, 0.2) is 24.3 Å². The molecule has 8 heteroatoms. The van der Waals surface area contributed by atoms with Gasteiger partial charge >= 0.3 is 17.9 Å². The quantitative estimate of drug-likeness (QED) is 0.294. The number of hydrogen-bond acceptors (Lipinski definition) is 7. The van der Waals surface area contributed by atoms with E-state index in [1.807, 2.05) is 19.1 Å². The van der Waals surface area contributed by atoms with E-state index in [4.69, 9.17) is 14.2 Å². The van der Waals surface area contributed by atoms with Gasteiger partial charge in [-0.05, 0) is 81.3 Å². The molecule has 45 heavy (non-hydrogen) atoms. The number of hydrogen-bond donors (Lipinski definition) is 1. The van der Waals surface area contributed by atoms with E-state index >= 15 is 0 Å². The third-order valence-electron chi connectivity index (χ3n) is 12.7. The van der Waals surface area contributed by atoms with Crippen LogP contribution in [0.4, 0.5) is 0 Å². The van der Waals surface area contributed by atoms with Gasteiger partial charge in [-0.15, -0.1) is 0 Å². The number of para-hydroxylation sites is 1. The van der Waals surface area contributed by atoms with E-state index in [1.165, 1.54) is 7.11 Å². The number of carbonyl (C=O) groups excluding carboxylic acids is 3. The van der Waals surface area contributed by atoms with Crippen LogP contribution in [-0.2, 0) is 40.6 Å². The lowest BCUT2D eigenvalue weighted by molar-refractivity contribution is -0.212. The Morgan fingerprint density at radius 1 is 1.04 bits per heavy atom. The number of aromatic nitrogens is 1. The molecule has 4 heterocycles. The van der Waals surface area contributed by atoms with Crippen LogP contribution in [0, 0.1) is 29.1 Å². The largest absolute Gasteiger partial charge is 0.468 e. The molecule has 1 aromatic carbocycles. The highest BCUT2D eigenvalue weighted by Crippen LogP contribution is 2.69. The molecular weight excluding hydrogens is 568 g/mol. The van der Waals surface area contributed by atoms with E-state index in [0.717, 1.165) is 54.3 Å². The Morgan fingerprint density at radius 3 is 2.58 bits per heavy atom. The van der Waals surface area contributed by atoms with E-state index in [1.54, 1.807) is 0 Å². The second-order valence-corrected chi connectivity index (χ2v) is 15.2. The van der Waals surface area contributed by atoms with E-state index in [2.05, 4.69) is 42.8 Å². The van der Waals surface area contributed by atoms with Gasteiger partial charge in [-0.2, -0.15) is 0 Å². The number of ether oxygens (including phenoxy) is 3. The molecule has 5 aliphatic rings. The summed E-state index contributed by atoms with van der Waals surface area (Å²) in [6, 6.07) is 7.99.